The Balaban J connectivity index is 0.000000206. The zero-order valence-electron chi connectivity index (χ0n) is 36.8. The highest BCUT2D eigenvalue weighted by Gasteiger charge is 2.51. The Morgan fingerprint density at radius 3 is 1.07 bits per heavy atom. The largest absolute Gasteiger partial charge is 0.416 e. The molecule has 8 rings (SSSR count). The lowest BCUT2D eigenvalue weighted by Gasteiger charge is -2.30. The monoisotopic (exact) mass is 1000 g/mol. The second-order valence-corrected chi connectivity index (χ2v) is 17.5. The molecule has 4 amide bonds. The molecule has 0 aromatic heterocycles. The molecule has 0 saturated carbocycles. The van der Waals surface area contributed by atoms with Gasteiger partial charge in [-0.05, 0) is 71.5 Å². The number of hydrogen-bond acceptors (Lipinski definition) is 6. The molecule has 0 aliphatic carbocycles. The molecule has 4 saturated heterocycles. The average Bonchev–Trinajstić information content (AvgIpc) is 4.08. The van der Waals surface area contributed by atoms with E-state index in [4.69, 9.17) is 9.47 Å². The predicted molar refractivity (Wildman–Crippen MR) is 223 cm³/mol. The van der Waals surface area contributed by atoms with E-state index in [0.29, 0.717) is 74.2 Å². The van der Waals surface area contributed by atoms with E-state index in [9.17, 15) is 71.9 Å². The quantitative estimate of drug-likeness (QED) is 0.137. The van der Waals surface area contributed by atoms with Crippen molar-refractivity contribution in [2.75, 3.05) is 26.3 Å². The Labute approximate surface area is 392 Å². The fraction of sp³-hybridized carbons (Fsp3) is 0.417. The number of halogens is 12. The summed E-state index contributed by atoms with van der Waals surface area (Å²) in [5.41, 5.74) is -7.19. The summed E-state index contributed by atoms with van der Waals surface area (Å²) in [5.74, 6) is -1.05. The third kappa shape index (κ3) is 11.7. The average molecular weight is 1000 g/mol. The second kappa shape index (κ2) is 19.9. The molecule has 4 heterocycles. The first kappa shape index (κ1) is 51.7. The zero-order valence-corrected chi connectivity index (χ0v) is 36.8. The molecule has 4 aromatic carbocycles. The van der Waals surface area contributed by atoms with E-state index in [2.05, 4.69) is 10.6 Å². The SMILES string of the molecule is O=C1N[C@](COCc2cc(C(F)(F)F)cc(C(F)(F)F)c2)(c2ccccc2)C[C@@H]1N1CCCC1=O.O=C1N[C@](COCc2cc(C(F)(F)F)cc(C(F)(F)F)c2)(c2ccccc2)C[C@@H]1N1CCCC1=O. The molecule has 4 aliphatic heterocycles. The summed E-state index contributed by atoms with van der Waals surface area (Å²) in [6.07, 6.45) is -17.6. The summed E-state index contributed by atoms with van der Waals surface area (Å²) in [7, 11) is 0. The fourth-order valence-electron chi connectivity index (χ4n) is 9.23. The van der Waals surface area contributed by atoms with Gasteiger partial charge in [0.15, 0.2) is 0 Å². The molecule has 4 fully saturated rings. The molecule has 22 heteroatoms. The van der Waals surface area contributed by atoms with Crippen LogP contribution in [0, 0.1) is 0 Å². The minimum absolute atomic E-state index is 0.0593. The molecule has 70 heavy (non-hydrogen) atoms. The number of carbonyl (C=O) groups is 4. The van der Waals surface area contributed by atoms with Gasteiger partial charge in [-0.3, -0.25) is 19.2 Å². The van der Waals surface area contributed by atoms with Crippen LogP contribution in [0.5, 0.6) is 0 Å². The molecule has 4 aromatic rings. The maximum absolute atomic E-state index is 13.2. The topological polar surface area (TPSA) is 117 Å². The summed E-state index contributed by atoms with van der Waals surface area (Å²) < 4.78 is 169. The van der Waals surface area contributed by atoms with Crippen LogP contribution >= 0.6 is 0 Å². The second-order valence-electron chi connectivity index (χ2n) is 17.5. The molecule has 4 atom stereocenters. The van der Waals surface area contributed by atoms with Crippen molar-refractivity contribution < 1.29 is 81.3 Å². The van der Waals surface area contributed by atoms with Crippen molar-refractivity contribution in [2.24, 2.45) is 0 Å². The molecule has 10 nitrogen and oxygen atoms in total. The normalized spacial score (nSPS) is 23.1. The van der Waals surface area contributed by atoms with E-state index in [-0.39, 0.29) is 72.9 Å². The highest BCUT2D eigenvalue weighted by atomic mass is 19.4. The molecular weight excluding hydrogens is 957 g/mol. The van der Waals surface area contributed by atoms with Crippen LogP contribution in [0.3, 0.4) is 0 Å². The lowest BCUT2D eigenvalue weighted by Crippen LogP contribution is -2.43. The van der Waals surface area contributed by atoms with Crippen molar-refractivity contribution in [3.05, 3.63) is 142 Å². The number of rotatable bonds is 12. The van der Waals surface area contributed by atoms with Crippen LogP contribution in [0.1, 0.15) is 83.0 Å². The first-order valence-electron chi connectivity index (χ1n) is 21.8. The van der Waals surface area contributed by atoms with Gasteiger partial charge in [-0.2, -0.15) is 52.7 Å². The molecular formula is C48H44F12N4O6. The maximum atomic E-state index is 13.2. The lowest BCUT2D eigenvalue weighted by atomic mass is 9.88. The van der Waals surface area contributed by atoms with Gasteiger partial charge in [0.25, 0.3) is 0 Å². The van der Waals surface area contributed by atoms with Crippen LogP contribution < -0.4 is 10.6 Å². The van der Waals surface area contributed by atoms with E-state index < -0.39 is 83.3 Å². The number of likely N-dealkylation sites (tertiary alicyclic amines) is 2. The summed E-state index contributed by atoms with van der Waals surface area (Å²) in [6, 6.07) is 18.5. The van der Waals surface area contributed by atoms with Crippen LogP contribution in [-0.4, -0.2) is 71.8 Å². The number of alkyl halides is 12. The third-order valence-electron chi connectivity index (χ3n) is 12.6. The first-order chi connectivity index (χ1) is 32.8. The number of nitrogens with one attached hydrogen (secondary N) is 2. The van der Waals surface area contributed by atoms with E-state index in [1.165, 1.54) is 9.80 Å². The summed E-state index contributed by atoms with van der Waals surface area (Å²) in [5, 5.41) is 5.74. The van der Waals surface area contributed by atoms with Crippen molar-refractivity contribution in [3.63, 3.8) is 0 Å². The Bertz CT molecular complexity index is 2320. The van der Waals surface area contributed by atoms with Gasteiger partial charge < -0.3 is 29.9 Å². The van der Waals surface area contributed by atoms with Crippen molar-refractivity contribution in [3.8, 4) is 0 Å². The standard InChI is InChI=1S/2C24H22F6N2O3/c2*25-23(26,27)17-9-15(10-18(11-17)24(28,29)30)13-35-14-22(16-5-2-1-3-6-16)12-19(21(34)31-22)32-8-4-7-20(32)33/h2*1-3,5-6,9-11,19H,4,7-8,12-14H2,(H,31,34)/t2*19-,22+/m00/s1. The van der Waals surface area contributed by atoms with Crippen molar-refractivity contribution in [1.29, 1.82) is 0 Å². The van der Waals surface area contributed by atoms with E-state index in [0.717, 1.165) is 0 Å². The summed E-state index contributed by atoms with van der Waals surface area (Å²) in [6.45, 7) is -0.618. The summed E-state index contributed by atoms with van der Waals surface area (Å²) in [4.78, 5) is 53.1. The van der Waals surface area contributed by atoms with Crippen molar-refractivity contribution in [2.45, 2.75) is 99.6 Å². The Hall–Kier alpha value is -6.16. The van der Waals surface area contributed by atoms with Gasteiger partial charge in [0, 0.05) is 38.8 Å². The smallest absolute Gasteiger partial charge is 0.374 e. The Morgan fingerprint density at radius 1 is 0.486 bits per heavy atom. The molecule has 0 spiro atoms. The van der Waals surface area contributed by atoms with Crippen LogP contribution in [0.15, 0.2) is 97.1 Å². The molecule has 2 N–H and O–H groups in total. The number of hydrogen-bond donors (Lipinski definition) is 2. The Kier molecular flexibility index (Phi) is 14.7. The molecule has 0 unspecified atom stereocenters. The molecule has 0 radical (unpaired) electrons. The highest BCUT2D eigenvalue weighted by Crippen LogP contribution is 2.41. The van der Waals surface area contributed by atoms with Gasteiger partial charge in [0.2, 0.25) is 23.6 Å². The van der Waals surface area contributed by atoms with E-state index >= 15 is 0 Å². The number of amides is 4. The number of nitrogens with zero attached hydrogens (tertiary/aromatic N) is 2. The number of ether oxygens (including phenoxy) is 2. The van der Waals surface area contributed by atoms with Crippen LogP contribution in [0.2, 0.25) is 0 Å². The molecule has 4 aliphatic rings. The number of carbonyl (C=O) groups excluding carboxylic acids is 4. The molecule has 376 valence electrons. The highest BCUT2D eigenvalue weighted by molar-refractivity contribution is 5.92. The van der Waals surface area contributed by atoms with E-state index in [1.807, 2.05) is 0 Å². The minimum Gasteiger partial charge on any atom is -0.374 e. The first-order valence-corrected chi connectivity index (χ1v) is 21.8. The van der Waals surface area contributed by atoms with Crippen LogP contribution in [0.4, 0.5) is 52.7 Å². The Morgan fingerprint density at radius 2 is 0.800 bits per heavy atom. The maximum Gasteiger partial charge on any atom is 0.416 e. The summed E-state index contributed by atoms with van der Waals surface area (Å²) >= 11 is 0. The van der Waals surface area contributed by atoms with Gasteiger partial charge in [-0.1, -0.05) is 60.7 Å². The van der Waals surface area contributed by atoms with Crippen LogP contribution in [0.25, 0.3) is 0 Å². The third-order valence-corrected chi connectivity index (χ3v) is 12.6. The van der Waals surface area contributed by atoms with Gasteiger partial charge in [-0.25, -0.2) is 0 Å². The number of benzene rings is 4. The fourth-order valence-corrected chi connectivity index (χ4v) is 9.23. The van der Waals surface area contributed by atoms with Crippen LogP contribution in [-0.2, 0) is 77.6 Å². The van der Waals surface area contributed by atoms with Gasteiger partial charge in [0.05, 0.1) is 59.8 Å². The molecule has 0 bridgehead atoms. The van der Waals surface area contributed by atoms with E-state index in [1.54, 1.807) is 60.7 Å². The van der Waals surface area contributed by atoms with Gasteiger partial charge >= 0.3 is 24.7 Å². The lowest BCUT2D eigenvalue weighted by molar-refractivity contribution is -0.144. The van der Waals surface area contributed by atoms with Gasteiger partial charge in [0.1, 0.15) is 12.1 Å². The van der Waals surface area contributed by atoms with Crippen molar-refractivity contribution >= 4 is 23.6 Å². The van der Waals surface area contributed by atoms with Crippen molar-refractivity contribution in [1.82, 2.24) is 20.4 Å². The van der Waals surface area contributed by atoms with Gasteiger partial charge in [-0.15, -0.1) is 0 Å². The predicted octanol–water partition coefficient (Wildman–Crippen LogP) is 9.29. The zero-order chi connectivity index (χ0) is 50.9. The minimum atomic E-state index is -4.96.